The molecule has 0 fully saturated rings. The number of carbonyl (C=O) groups excluding carboxylic acids is 1. The predicted octanol–water partition coefficient (Wildman–Crippen LogP) is 0.455. The van der Waals surface area contributed by atoms with Crippen molar-refractivity contribution in [1.82, 2.24) is 15.5 Å². The van der Waals surface area contributed by atoms with Gasteiger partial charge in [0.1, 0.15) is 5.56 Å². The van der Waals surface area contributed by atoms with Crippen LogP contribution >= 0.6 is 0 Å². The van der Waals surface area contributed by atoms with Crippen LogP contribution in [0.5, 0.6) is 0 Å². The summed E-state index contributed by atoms with van der Waals surface area (Å²) in [5, 5.41) is 9.17. The van der Waals surface area contributed by atoms with Crippen LogP contribution in [0.2, 0.25) is 0 Å². The highest BCUT2D eigenvalue weighted by molar-refractivity contribution is 5.99. The van der Waals surface area contributed by atoms with Gasteiger partial charge in [0.05, 0.1) is 6.10 Å². The van der Waals surface area contributed by atoms with Crippen molar-refractivity contribution < 1.29 is 9.53 Å². The summed E-state index contributed by atoms with van der Waals surface area (Å²) in [5.74, 6) is -0.00522. The number of nitrogens with two attached hydrogens (primary N) is 1. The molecular formula is C10H18N4O2. The standard InChI is InChI=1S/C10H18N4O2/c1-4-16-6(2)5-12-10(15)8-7(3)13-14-9(8)11/h6H,4-5H2,1-3H3,(H,12,15)(H3,11,13,14). The molecule has 6 heteroatoms. The molecule has 1 unspecified atom stereocenters. The summed E-state index contributed by atoms with van der Waals surface area (Å²) in [7, 11) is 0. The molecule has 0 saturated carbocycles. The molecule has 0 aliphatic rings. The first-order valence-corrected chi connectivity index (χ1v) is 5.26. The molecule has 1 atom stereocenters. The molecule has 0 aromatic carbocycles. The van der Waals surface area contributed by atoms with Gasteiger partial charge in [0.15, 0.2) is 5.82 Å². The first kappa shape index (κ1) is 12.5. The number of aromatic nitrogens is 2. The summed E-state index contributed by atoms with van der Waals surface area (Å²) in [6.07, 6.45) is -0.0117. The van der Waals surface area contributed by atoms with E-state index < -0.39 is 0 Å². The largest absolute Gasteiger partial charge is 0.382 e. The molecule has 6 nitrogen and oxygen atoms in total. The second-order valence-electron chi connectivity index (χ2n) is 3.58. The number of H-pyrrole nitrogens is 1. The fraction of sp³-hybridized carbons (Fsp3) is 0.600. The number of nitrogens with one attached hydrogen (secondary N) is 2. The number of hydrogen-bond acceptors (Lipinski definition) is 4. The molecule has 4 N–H and O–H groups in total. The summed E-state index contributed by atoms with van der Waals surface area (Å²) >= 11 is 0. The van der Waals surface area contributed by atoms with Crippen molar-refractivity contribution in [1.29, 1.82) is 0 Å². The van der Waals surface area contributed by atoms with Crippen LogP contribution in [0, 0.1) is 6.92 Å². The van der Waals surface area contributed by atoms with E-state index in [-0.39, 0.29) is 17.8 Å². The highest BCUT2D eigenvalue weighted by atomic mass is 16.5. The zero-order valence-electron chi connectivity index (χ0n) is 9.83. The predicted molar refractivity (Wildman–Crippen MR) is 61.2 cm³/mol. The maximum atomic E-state index is 11.7. The van der Waals surface area contributed by atoms with Gasteiger partial charge in [-0.05, 0) is 20.8 Å². The van der Waals surface area contributed by atoms with Crippen LogP contribution < -0.4 is 11.1 Å². The normalized spacial score (nSPS) is 12.4. The van der Waals surface area contributed by atoms with Gasteiger partial charge in [-0.25, -0.2) is 0 Å². The minimum atomic E-state index is -0.227. The summed E-state index contributed by atoms with van der Waals surface area (Å²) in [4.78, 5) is 11.7. The number of aromatic amines is 1. The van der Waals surface area contributed by atoms with E-state index in [2.05, 4.69) is 15.5 Å². The number of nitrogen functional groups attached to an aromatic ring is 1. The summed E-state index contributed by atoms with van der Waals surface area (Å²) < 4.78 is 5.30. The van der Waals surface area contributed by atoms with Crippen LogP contribution in [0.4, 0.5) is 5.82 Å². The average Bonchev–Trinajstić information content (AvgIpc) is 2.56. The van der Waals surface area contributed by atoms with E-state index in [9.17, 15) is 4.79 Å². The van der Waals surface area contributed by atoms with E-state index in [1.165, 1.54) is 0 Å². The fourth-order valence-electron chi connectivity index (χ4n) is 1.40. The lowest BCUT2D eigenvalue weighted by Gasteiger charge is -2.12. The van der Waals surface area contributed by atoms with Crippen molar-refractivity contribution in [2.24, 2.45) is 0 Å². The van der Waals surface area contributed by atoms with Crippen LogP contribution in [0.15, 0.2) is 0 Å². The van der Waals surface area contributed by atoms with Gasteiger partial charge in [-0.2, -0.15) is 5.10 Å². The lowest BCUT2D eigenvalue weighted by atomic mass is 10.2. The van der Waals surface area contributed by atoms with E-state index in [0.717, 1.165) is 0 Å². The molecule has 1 heterocycles. The molecular weight excluding hydrogens is 208 g/mol. The Morgan fingerprint density at radius 2 is 2.38 bits per heavy atom. The Morgan fingerprint density at radius 3 is 2.88 bits per heavy atom. The molecule has 90 valence electrons. The van der Waals surface area contributed by atoms with E-state index >= 15 is 0 Å². The lowest BCUT2D eigenvalue weighted by Crippen LogP contribution is -2.32. The summed E-state index contributed by atoms with van der Waals surface area (Å²) in [5.41, 5.74) is 6.64. The Labute approximate surface area is 94.5 Å². The van der Waals surface area contributed by atoms with Crippen LogP contribution in [-0.4, -0.2) is 35.4 Å². The number of nitrogens with zero attached hydrogens (tertiary/aromatic N) is 1. The third-order valence-electron chi connectivity index (χ3n) is 2.20. The number of carbonyl (C=O) groups is 1. The molecule has 0 saturated heterocycles. The number of rotatable bonds is 5. The van der Waals surface area contributed by atoms with Crippen molar-refractivity contribution in [2.45, 2.75) is 26.9 Å². The smallest absolute Gasteiger partial charge is 0.257 e. The maximum Gasteiger partial charge on any atom is 0.257 e. The number of aryl methyl sites for hydroxylation is 1. The summed E-state index contributed by atoms with van der Waals surface area (Å²) in [6, 6.07) is 0. The van der Waals surface area contributed by atoms with Gasteiger partial charge in [-0.15, -0.1) is 0 Å². The zero-order valence-corrected chi connectivity index (χ0v) is 9.83. The Morgan fingerprint density at radius 1 is 1.69 bits per heavy atom. The van der Waals surface area contributed by atoms with E-state index in [4.69, 9.17) is 10.5 Å². The molecule has 0 bridgehead atoms. The number of hydrogen-bond donors (Lipinski definition) is 3. The molecule has 1 amide bonds. The number of anilines is 1. The van der Waals surface area contributed by atoms with Gasteiger partial charge >= 0.3 is 0 Å². The van der Waals surface area contributed by atoms with Crippen LogP contribution in [0.3, 0.4) is 0 Å². The first-order chi connectivity index (χ1) is 7.56. The molecule has 1 rings (SSSR count). The third kappa shape index (κ3) is 2.96. The molecule has 0 aliphatic heterocycles. The van der Waals surface area contributed by atoms with Gasteiger partial charge in [0, 0.05) is 18.8 Å². The van der Waals surface area contributed by atoms with Crippen LogP contribution in [0.25, 0.3) is 0 Å². The zero-order chi connectivity index (χ0) is 12.1. The Kier molecular flexibility index (Phi) is 4.30. The highest BCUT2D eigenvalue weighted by Gasteiger charge is 2.16. The Bertz CT molecular complexity index is 342. The number of amides is 1. The van der Waals surface area contributed by atoms with E-state index in [1.54, 1.807) is 6.92 Å². The molecule has 0 radical (unpaired) electrons. The van der Waals surface area contributed by atoms with Gasteiger partial charge in [0.2, 0.25) is 0 Å². The van der Waals surface area contributed by atoms with Crippen molar-refractivity contribution >= 4 is 11.7 Å². The quantitative estimate of drug-likeness (QED) is 0.679. The maximum absolute atomic E-state index is 11.7. The van der Waals surface area contributed by atoms with Gasteiger partial charge in [-0.1, -0.05) is 0 Å². The minimum Gasteiger partial charge on any atom is -0.382 e. The lowest BCUT2D eigenvalue weighted by molar-refractivity contribution is 0.0695. The Hall–Kier alpha value is -1.56. The second kappa shape index (κ2) is 5.50. The highest BCUT2D eigenvalue weighted by Crippen LogP contribution is 2.11. The third-order valence-corrected chi connectivity index (χ3v) is 2.20. The van der Waals surface area contributed by atoms with Crippen molar-refractivity contribution in [3.63, 3.8) is 0 Å². The fourth-order valence-corrected chi connectivity index (χ4v) is 1.40. The Balaban J connectivity index is 2.53. The van der Waals surface area contributed by atoms with Crippen molar-refractivity contribution in [3.8, 4) is 0 Å². The average molecular weight is 226 g/mol. The first-order valence-electron chi connectivity index (χ1n) is 5.26. The van der Waals surface area contributed by atoms with E-state index in [1.807, 2.05) is 13.8 Å². The van der Waals surface area contributed by atoms with Crippen LogP contribution in [-0.2, 0) is 4.74 Å². The molecule has 1 aromatic heterocycles. The molecule has 1 aromatic rings. The van der Waals surface area contributed by atoms with Gasteiger partial charge < -0.3 is 15.8 Å². The van der Waals surface area contributed by atoms with E-state index in [0.29, 0.717) is 24.4 Å². The monoisotopic (exact) mass is 226 g/mol. The molecule has 0 spiro atoms. The second-order valence-corrected chi connectivity index (χ2v) is 3.58. The SMILES string of the molecule is CCOC(C)CNC(=O)c1c(N)n[nH]c1C. The topological polar surface area (TPSA) is 93.0 Å². The molecule has 16 heavy (non-hydrogen) atoms. The minimum absolute atomic E-state index is 0.0117. The van der Waals surface area contributed by atoms with Crippen molar-refractivity contribution in [2.75, 3.05) is 18.9 Å². The van der Waals surface area contributed by atoms with Gasteiger partial charge in [0.25, 0.3) is 5.91 Å². The summed E-state index contributed by atoms with van der Waals surface area (Å²) in [6.45, 7) is 6.65. The van der Waals surface area contributed by atoms with Crippen LogP contribution in [0.1, 0.15) is 29.9 Å². The van der Waals surface area contributed by atoms with Gasteiger partial charge in [-0.3, -0.25) is 9.89 Å². The van der Waals surface area contributed by atoms with Crippen molar-refractivity contribution in [3.05, 3.63) is 11.3 Å². The molecule has 0 aliphatic carbocycles. The number of ether oxygens (including phenoxy) is 1.